The fraction of sp³-hybridized carbons (Fsp3) is 0.651. The lowest BCUT2D eigenvalue weighted by molar-refractivity contribution is -0.145. The van der Waals surface area contributed by atoms with Crippen molar-refractivity contribution in [3.05, 3.63) is 41.6 Å². The normalized spacial score (nSPS) is 30.0. The fourth-order valence-electron chi connectivity index (χ4n) is 9.34. The number of carbonyl (C=O) groups excluding carboxylic acids is 4. The molecule has 15 nitrogen and oxygen atoms in total. The van der Waals surface area contributed by atoms with Crippen molar-refractivity contribution in [3.8, 4) is 11.5 Å². The second-order valence-corrected chi connectivity index (χ2v) is 21.3. The van der Waals surface area contributed by atoms with E-state index in [0.717, 1.165) is 6.42 Å². The summed E-state index contributed by atoms with van der Waals surface area (Å²) in [4.78, 5) is 64.6. The van der Waals surface area contributed by atoms with E-state index >= 15 is 13.2 Å². The van der Waals surface area contributed by atoms with Gasteiger partial charge in [-0.05, 0) is 104 Å². The number of fused-ring (bicyclic) bond motifs is 5. The summed E-state index contributed by atoms with van der Waals surface area (Å²) in [5, 5.41) is 5.95. The number of allylic oxidation sites excluding steroid dienone is 1. The standard InChI is InChI=1S/C43H55F3N6O9S/c1-39(2,3)61-38(56)48-29-13-10-8-6-7-9-12-25-21-42(25,37(55)50-62(57,58)40(4)16-17-40)49-35(53)31-23-41(24-52(31)36(29)54)22-30(51-18-11-19-51)32-27-20-26(59-5)14-15-28(27)47-34(33(32)60-41)43(44,45)46/h9,12,14-15,20,25,29-31H,6-8,10-11,13,16-19,21-24H2,1-5H3,(H,48,56)(H,49,53)(H,50,55). The van der Waals surface area contributed by atoms with Crippen LogP contribution < -0.4 is 24.8 Å². The van der Waals surface area contributed by atoms with Crippen LogP contribution in [0.5, 0.6) is 11.5 Å². The molecule has 4 amide bonds. The fourth-order valence-corrected chi connectivity index (χ4v) is 10.6. The molecule has 4 aliphatic heterocycles. The summed E-state index contributed by atoms with van der Waals surface area (Å²) in [7, 11) is -2.65. The molecule has 6 unspecified atom stereocenters. The topological polar surface area (TPSA) is 186 Å². The SMILES string of the molecule is COc1ccc2nc(C(F)(F)F)c3c(c2c1)C(N1CCC1)CC1(CC2C(=O)NC4(C(=O)NS(=O)(=O)C5(C)CC5)CC4C=CCCCCCC(NC(=O)OC(C)(C)C)C(=O)N2C1)O3. The third-order valence-corrected chi connectivity index (χ3v) is 15.5. The minimum Gasteiger partial charge on any atom is -0.497 e. The van der Waals surface area contributed by atoms with Crippen LogP contribution in [0.25, 0.3) is 10.9 Å². The van der Waals surface area contributed by atoms with Gasteiger partial charge in [0.2, 0.25) is 21.8 Å². The van der Waals surface area contributed by atoms with Gasteiger partial charge in [-0.2, -0.15) is 13.2 Å². The van der Waals surface area contributed by atoms with Gasteiger partial charge in [-0.3, -0.25) is 24.0 Å². The summed E-state index contributed by atoms with van der Waals surface area (Å²) >= 11 is 0. The lowest BCUT2D eigenvalue weighted by Gasteiger charge is -2.47. The van der Waals surface area contributed by atoms with E-state index in [1.807, 2.05) is 11.0 Å². The number of ether oxygens (including phenoxy) is 3. The number of sulfonamides is 1. The van der Waals surface area contributed by atoms with Crippen molar-refractivity contribution in [2.45, 2.75) is 144 Å². The van der Waals surface area contributed by atoms with Gasteiger partial charge in [0.1, 0.15) is 34.6 Å². The average Bonchev–Trinajstić information content (AvgIpc) is 4.05. The highest BCUT2D eigenvalue weighted by Crippen LogP contribution is 2.55. The van der Waals surface area contributed by atoms with Gasteiger partial charge in [-0.25, -0.2) is 18.2 Å². The van der Waals surface area contributed by atoms with Crippen molar-refractivity contribution in [1.29, 1.82) is 0 Å². The van der Waals surface area contributed by atoms with Crippen LogP contribution in [-0.4, -0.2) is 107 Å². The Morgan fingerprint density at radius 2 is 1.74 bits per heavy atom. The Morgan fingerprint density at radius 1 is 1.02 bits per heavy atom. The summed E-state index contributed by atoms with van der Waals surface area (Å²) in [6.07, 6.45) is 1.92. The molecule has 0 radical (unpaired) electrons. The highest BCUT2D eigenvalue weighted by molar-refractivity contribution is 7.91. The first-order chi connectivity index (χ1) is 29.1. The third kappa shape index (κ3) is 8.30. The number of methoxy groups -OCH3 is 1. The average molecular weight is 889 g/mol. The monoisotopic (exact) mass is 888 g/mol. The van der Waals surface area contributed by atoms with Crippen LogP contribution in [0.3, 0.4) is 0 Å². The molecule has 2 saturated heterocycles. The van der Waals surface area contributed by atoms with Crippen LogP contribution in [0.2, 0.25) is 0 Å². The van der Waals surface area contributed by atoms with Gasteiger partial charge in [0, 0.05) is 35.8 Å². The second-order valence-electron chi connectivity index (χ2n) is 19.1. The van der Waals surface area contributed by atoms with E-state index in [1.165, 1.54) is 31.1 Å². The van der Waals surface area contributed by atoms with Gasteiger partial charge in [0.25, 0.3) is 5.91 Å². The molecular formula is C43H55F3N6O9S. The lowest BCUT2D eigenvalue weighted by atomic mass is 9.81. The maximum atomic E-state index is 15.1. The van der Waals surface area contributed by atoms with Crippen LogP contribution in [0.1, 0.15) is 116 Å². The van der Waals surface area contributed by atoms with E-state index in [9.17, 15) is 27.6 Å². The van der Waals surface area contributed by atoms with Crippen molar-refractivity contribution in [3.63, 3.8) is 0 Å². The molecule has 2 aliphatic carbocycles. The molecule has 6 atom stereocenters. The number of hydrogen-bond donors (Lipinski definition) is 3. The van der Waals surface area contributed by atoms with Crippen LogP contribution >= 0.6 is 0 Å². The van der Waals surface area contributed by atoms with Gasteiger partial charge >= 0.3 is 12.3 Å². The maximum absolute atomic E-state index is 15.1. The number of hydrogen-bond acceptors (Lipinski definition) is 11. The number of amides is 4. The maximum Gasteiger partial charge on any atom is 0.437 e. The van der Waals surface area contributed by atoms with Gasteiger partial charge in [-0.1, -0.05) is 25.0 Å². The number of pyridine rings is 1. The van der Waals surface area contributed by atoms with Gasteiger partial charge in [0.05, 0.1) is 23.9 Å². The Balaban J connectivity index is 1.22. The number of nitrogens with one attached hydrogen (secondary N) is 3. The third-order valence-electron chi connectivity index (χ3n) is 13.3. The number of likely N-dealkylation sites (tertiary alicyclic amines) is 1. The smallest absolute Gasteiger partial charge is 0.437 e. The summed E-state index contributed by atoms with van der Waals surface area (Å²) in [6, 6.07) is 1.38. The first-order valence-electron chi connectivity index (χ1n) is 21.5. The molecule has 2 aromatic rings. The zero-order valence-corrected chi connectivity index (χ0v) is 36.5. The zero-order chi connectivity index (χ0) is 44.6. The number of alkyl carbamates (subject to hydrolysis) is 1. The highest BCUT2D eigenvalue weighted by atomic mass is 32.2. The zero-order valence-electron chi connectivity index (χ0n) is 35.7. The van der Waals surface area contributed by atoms with Crippen molar-refractivity contribution in [2.75, 3.05) is 26.7 Å². The van der Waals surface area contributed by atoms with Crippen molar-refractivity contribution in [2.24, 2.45) is 5.92 Å². The van der Waals surface area contributed by atoms with E-state index in [0.29, 0.717) is 62.8 Å². The molecular weight excluding hydrogens is 834 g/mol. The van der Waals surface area contributed by atoms with E-state index in [-0.39, 0.29) is 43.3 Å². The molecule has 19 heteroatoms. The van der Waals surface area contributed by atoms with Crippen LogP contribution in [0.15, 0.2) is 30.4 Å². The Kier molecular flexibility index (Phi) is 11.0. The van der Waals surface area contributed by atoms with E-state index in [1.54, 1.807) is 32.9 Å². The minimum absolute atomic E-state index is 0.0825. The summed E-state index contributed by atoms with van der Waals surface area (Å²) in [5.74, 6) is -3.05. The Morgan fingerprint density at radius 3 is 2.39 bits per heavy atom. The first-order valence-corrected chi connectivity index (χ1v) is 22.9. The molecule has 2 saturated carbocycles. The molecule has 8 rings (SSSR count). The molecule has 338 valence electrons. The number of rotatable bonds is 6. The summed E-state index contributed by atoms with van der Waals surface area (Å²) in [6.45, 7) is 7.38. The number of aromatic nitrogens is 1. The molecule has 4 fully saturated rings. The Hall–Kier alpha value is -4.65. The van der Waals surface area contributed by atoms with Gasteiger partial charge in [-0.15, -0.1) is 0 Å². The van der Waals surface area contributed by atoms with Crippen LogP contribution in [0, 0.1) is 5.92 Å². The van der Waals surface area contributed by atoms with Crippen molar-refractivity contribution < 1.29 is 55.0 Å². The van der Waals surface area contributed by atoms with Crippen molar-refractivity contribution in [1.82, 2.24) is 30.1 Å². The molecule has 1 spiro atoms. The van der Waals surface area contributed by atoms with E-state index in [2.05, 4.69) is 20.3 Å². The molecule has 0 bridgehead atoms. The number of carbonyl (C=O) groups is 4. The molecule has 1 aromatic carbocycles. The number of nitrogens with zero attached hydrogens (tertiary/aromatic N) is 3. The number of benzene rings is 1. The van der Waals surface area contributed by atoms with Gasteiger partial charge in [0.15, 0.2) is 11.4 Å². The molecule has 3 N–H and O–H groups in total. The predicted octanol–water partition coefficient (Wildman–Crippen LogP) is 5.42. The highest BCUT2D eigenvalue weighted by Gasteiger charge is 2.64. The van der Waals surface area contributed by atoms with Gasteiger partial charge < -0.3 is 29.7 Å². The van der Waals surface area contributed by atoms with Crippen LogP contribution in [-0.2, 0) is 35.3 Å². The minimum atomic E-state index is -4.96. The van der Waals surface area contributed by atoms with Crippen LogP contribution in [0.4, 0.5) is 18.0 Å². The number of alkyl halides is 3. The molecule has 6 aliphatic rings. The summed E-state index contributed by atoms with van der Waals surface area (Å²) < 4.78 is 90.7. The van der Waals surface area contributed by atoms with E-state index in [4.69, 9.17) is 14.2 Å². The Labute approximate surface area is 358 Å². The summed E-state index contributed by atoms with van der Waals surface area (Å²) in [5.41, 5.74) is -5.04. The lowest BCUT2D eigenvalue weighted by Crippen LogP contribution is -2.58. The first kappa shape index (κ1) is 44.0. The van der Waals surface area contributed by atoms with E-state index < -0.39 is 97.0 Å². The molecule has 1 aromatic heterocycles. The quantitative estimate of drug-likeness (QED) is 0.315. The molecule has 5 heterocycles. The second kappa shape index (κ2) is 15.6. The molecule has 62 heavy (non-hydrogen) atoms. The number of halogens is 3. The predicted molar refractivity (Wildman–Crippen MR) is 219 cm³/mol. The van der Waals surface area contributed by atoms with Crippen molar-refractivity contribution >= 4 is 44.7 Å². The Bertz CT molecular complexity index is 2310. The largest absolute Gasteiger partial charge is 0.497 e.